The van der Waals surface area contributed by atoms with Crippen LogP contribution in [0.4, 0.5) is 10.2 Å². The summed E-state index contributed by atoms with van der Waals surface area (Å²) in [5.41, 5.74) is 8.03. The van der Waals surface area contributed by atoms with E-state index in [0.717, 1.165) is 24.2 Å². The number of hydrogen-bond acceptors (Lipinski definition) is 5. The van der Waals surface area contributed by atoms with Gasteiger partial charge >= 0.3 is 0 Å². The highest BCUT2D eigenvalue weighted by Crippen LogP contribution is 2.35. The Bertz CT molecular complexity index is 964. The summed E-state index contributed by atoms with van der Waals surface area (Å²) in [7, 11) is 5.37. The predicted octanol–water partition coefficient (Wildman–Crippen LogP) is 2.95. The quantitative estimate of drug-likeness (QED) is 0.697. The Hall–Kier alpha value is -2.93. The molecule has 3 aromatic rings. The first-order valence-corrected chi connectivity index (χ1v) is 8.78. The number of nitrogens with one attached hydrogen (secondary N) is 1. The molecule has 3 N–H and O–H groups in total. The third kappa shape index (κ3) is 3.64. The molecule has 142 valence electrons. The van der Waals surface area contributed by atoms with Gasteiger partial charge in [0.1, 0.15) is 17.4 Å². The predicted molar refractivity (Wildman–Crippen MR) is 104 cm³/mol. The van der Waals surface area contributed by atoms with Crippen LogP contribution in [-0.2, 0) is 6.42 Å². The molecule has 2 aromatic heterocycles. The summed E-state index contributed by atoms with van der Waals surface area (Å²) in [6.45, 7) is 0.569. The Balaban J connectivity index is 2.27. The lowest BCUT2D eigenvalue weighted by molar-refractivity contribution is 0.0964. The van der Waals surface area contributed by atoms with Gasteiger partial charge in [0, 0.05) is 26.7 Å². The van der Waals surface area contributed by atoms with Crippen molar-refractivity contribution < 1.29 is 13.6 Å². The summed E-state index contributed by atoms with van der Waals surface area (Å²) in [4.78, 5) is 19.1. The zero-order valence-corrected chi connectivity index (χ0v) is 15.7. The number of furan rings is 1. The first-order chi connectivity index (χ1) is 13.0. The Morgan fingerprint density at radius 2 is 2.00 bits per heavy atom. The number of aryl methyl sites for hydroxylation is 1. The van der Waals surface area contributed by atoms with Gasteiger partial charge in [-0.15, -0.1) is 0 Å². The third-order valence-electron chi connectivity index (χ3n) is 4.37. The fourth-order valence-electron chi connectivity index (χ4n) is 3.07. The highest BCUT2D eigenvalue weighted by molar-refractivity contribution is 6.10. The summed E-state index contributed by atoms with van der Waals surface area (Å²) in [5, 5.41) is 3.28. The SMILES string of the molecule is CNC(=O)c1c(-c2ccc(F)cc2)oc2nc(N(C)C)c(CCCN)cc12. The number of pyridine rings is 1. The number of aromatic nitrogens is 1. The number of anilines is 1. The Morgan fingerprint density at radius 3 is 2.59 bits per heavy atom. The van der Waals surface area contributed by atoms with Crippen molar-refractivity contribution in [1.29, 1.82) is 0 Å². The van der Waals surface area contributed by atoms with Crippen LogP contribution < -0.4 is 16.0 Å². The Kier molecular flexibility index (Phi) is 5.41. The number of carbonyl (C=O) groups excluding carboxylic acids is 1. The van der Waals surface area contributed by atoms with Gasteiger partial charge in [0.25, 0.3) is 5.91 Å². The van der Waals surface area contributed by atoms with Gasteiger partial charge in [0.2, 0.25) is 5.71 Å². The minimum atomic E-state index is -0.353. The van der Waals surface area contributed by atoms with E-state index in [-0.39, 0.29) is 11.7 Å². The second-order valence-corrected chi connectivity index (χ2v) is 6.50. The average molecular weight is 370 g/mol. The van der Waals surface area contributed by atoms with Gasteiger partial charge in [0.05, 0.1) is 10.9 Å². The van der Waals surface area contributed by atoms with E-state index < -0.39 is 0 Å². The number of hydrogen-bond donors (Lipinski definition) is 2. The van der Waals surface area contributed by atoms with E-state index in [4.69, 9.17) is 10.2 Å². The molecule has 0 aliphatic heterocycles. The van der Waals surface area contributed by atoms with Crippen molar-refractivity contribution in [1.82, 2.24) is 10.3 Å². The van der Waals surface area contributed by atoms with Crippen LogP contribution in [-0.4, -0.2) is 38.6 Å². The standard InChI is InChI=1S/C20H23FN4O2/c1-23-19(26)16-15-11-13(5-4-10-22)18(25(2)3)24-20(15)27-17(16)12-6-8-14(21)9-7-12/h6-9,11H,4-5,10,22H2,1-3H3,(H,23,26). The van der Waals surface area contributed by atoms with Crippen LogP contribution in [0.25, 0.3) is 22.4 Å². The van der Waals surface area contributed by atoms with Crippen molar-refractivity contribution in [3.8, 4) is 11.3 Å². The normalized spacial score (nSPS) is 11.0. The lowest BCUT2D eigenvalue weighted by Gasteiger charge is -2.16. The van der Waals surface area contributed by atoms with E-state index in [9.17, 15) is 9.18 Å². The molecule has 0 radical (unpaired) electrons. The molecule has 0 unspecified atom stereocenters. The number of amides is 1. The number of nitrogens with two attached hydrogens (primary N) is 1. The van der Waals surface area contributed by atoms with Gasteiger partial charge < -0.3 is 20.4 Å². The van der Waals surface area contributed by atoms with E-state index in [1.165, 1.54) is 12.1 Å². The summed E-state index contributed by atoms with van der Waals surface area (Å²) in [6.07, 6.45) is 1.56. The lowest BCUT2D eigenvalue weighted by atomic mass is 10.0. The van der Waals surface area contributed by atoms with Crippen molar-refractivity contribution in [2.75, 3.05) is 32.6 Å². The van der Waals surface area contributed by atoms with Gasteiger partial charge in [-0.05, 0) is 55.3 Å². The second-order valence-electron chi connectivity index (χ2n) is 6.50. The maximum atomic E-state index is 13.3. The zero-order valence-electron chi connectivity index (χ0n) is 15.7. The van der Waals surface area contributed by atoms with Crippen LogP contribution in [0.1, 0.15) is 22.3 Å². The smallest absolute Gasteiger partial charge is 0.255 e. The van der Waals surface area contributed by atoms with Crippen LogP contribution in [0.3, 0.4) is 0 Å². The Labute approximate surface area is 157 Å². The van der Waals surface area contributed by atoms with Crippen molar-refractivity contribution >= 4 is 22.8 Å². The maximum absolute atomic E-state index is 13.3. The van der Waals surface area contributed by atoms with Crippen LogP contribution in [0, 0.1) is 5.82 Å². The van der Waals surface area contributed by atoms with E-state index in [0.29, 0.717) is 34.5 Å². The highest BCUT2D eigenvalue weighted by atomic mass is 19.1. The van der Waals surface area contributed by atoms with Crippen molar-refractivity contribution in [2.45, 2.75) is 12.8 Å². The molecule has 0 saturated carbocycles. The number of fused-ring (bicyclic) bond motifs is 1. The van der Waals surface area contributed by atoms with Crippen LogP contribution in [0.2, 0.25) is 0 Å². The van der Waals surface area contributed by atoms with Gasteiger partial charge in [-0.3, -0.25) is 4.79 Å². The second kappa shape index (κ2) is 7.75. The molecular weight excluding hydrogens is 347 g/mol. The van der Waals surface area contributed by atoms with Crippen molar-refractivity contribution in [2.24, 2.45) is 5.73 Å². The molecule has 27 heavy (non-hydrogen) atoms. The third-order valence-corrected chi connectivity index (χ3v) is 4.37. The number of carbonyl (C=O) groups is 1. The number of benzene rings is 1. The fourth-order valence-corrected chi connectivity index (χ4v) is 3.07. The average Bonchev–Trinajstić information content (AvgIpc) is 3.03. The van der Waals surface area contributed by atoms with Crippen molar-refractivity contribution in [3.63, 3.8) is 0 Å². The van der Waals surface area contributed by atoms with Crippen LogP contribution in [0.15, 0.2) is 34.7 Å². The van der Waals surface area contributed by atoms with E-state index in [2.05, 4.69) is 10.3 Å². The van der Waals surface area contributed by atoms with E-state index in [1.807, 2.05) is 25.1 Å². The molecule has 3 rings (SSSR count). The molecular formula is C20H23FN4O2. The largest absolute Gasteiger partial charge is 0.437 e. The lowest BCUT2D eigenvalue weighted by Crippen LogP contribution is -2.18. The fraction of sp³-hybridized carbons (Fsp3) is 0.300. The highest BCUT2D eigenvalue weighted by Gasteiger charge is 2.24. The Morgan fingerprint density at radius 1 is 1.30 bits per heavy atom. The summed E-state index contributed by atoms with van der Waals surface area (Å²) >= 11 is 0. The molecule has 0 bridgehead atoms. The van der Waals surface area contributed by atoms with E-state index >= 15 is 0 Å². The van der Waals surface area contributed by atoms with Crippen molar-refractivity contribution in [3.05, 3.63) is 47.3 Å². The molecule has 0 spiro atoms. The van der Waals surface area contributed by atoms with Gasteiger partial charge in [0.15, 0.2) is 0 Å². The monoisotopic (exact) mass is 370 g/mol. The molecule has 0 saturated heterocycles. The molecule has 7 heteroatoms. The summed E-state index contributed by atoms with van der Waals surface area (Å²) in [6, 6.07) is 7.78. The van der Waals surface area contributed by atoms with E-state index in [1.54, 1.807) is 19.2 Å². The van der Waals surface area contributed by atoms with Gasteiger partial charge in [-0.25, -0.2) is 4.39 Å². The van der Waals surface area contributed by atoms with Gasteiger partial charge in [-0.1, -0.05) is 0 Å². The minimum absolute atomic E-state index is 0.280. The first-order valence-electron chi connectivity index (χ1n) is 8.78. The van der Waals surface area contributed by atoms with Gasteiger partial charge in [-0.2, -0.15) is 4.98 Å². The number of rotatable bonds is 6. The molecule has 1 aromatic carbocycles. The molecule has 0 aliphatic rings. The number of halogens is 1. The first kappa shape index (κ1) is 18.8. The zero-order chi connectivity index (χ0) is 19.6. The molecule has 6 nitrogen and oxygen atoms in total. The molecule has 0 atom stereocenters. The van der Waals surface area contributed by atoms with Crippen LogP contribution in [0.5, 0.6) is 0 Å². The van der Waals surface area contributed by atoms with Crippen LogP contribution >= 0.6 is 0 Å². The molecule has 0 fully saturated rings. The number of nitrogens with zero attached hydrogens (tertiary/aromatic N) is 2. The molecule has 0 aliphatic carbocycles. The topological polar surface area (TPSA) is 84.4 Å². The molecule has 2 heterocycles. The maximum Gasteiger partial charge on any atom is 0.255 e. The minimum Gasteiger partial charge on any atom is -0.437 e. The summed E-state index contributed by atoms with van der Waals surface area (Å²) < 4.78 is 19.3. The summed E-state index contributed by atoms with van der Waals surface area (Å²) in [5.74, 6) is 0.516. The molecule has 1 amide bonds.